The second kappa shape index (κ2) is 9.13. The first kappa shape index (κ1) is 21.4. The van der Waals surface area contributed by atoms with E-state index in [-0.39, 0.29) is 11.1 Å². The van der Waals surface area contributed by atoms with Crippen LogP contribution in [0.15, 0.2) is 52.1 Å². The number of nitrogens with zero attached hydrogens (tertiary/aromatic N) is 4. The van der Waals surface area contributed by atoms with Crippen molar-refractivity contribution in [2.75, 3.05) is 33.1 Å². The molecule has 0 atom stereocenters. The van der Waals surface area contributed by atoms with Gasteiger partial charge in [-0.2, -0.15) is 4.98 Å². The molecule has 3 aromatic rings. The quantitative estimate of drug-likeness (QED) is 0.489. The molecule has 10 heteroatoms. The number of pyridine rings is 1. The van der Waals surface area contributed by atoms with Crippen LogP contribution in [0.1, 0.15) is 11.7 Å². The van der Waals surface area contributed by atoms with Gasteiger partial charge in [-0.1, -0.05) is 17.3 Å². The van der Waals surface area contributed by atoms with E-state index in [1.54, 1.807) is 19.4 Å². The summed E-state index contributed by atoms with van der Waals surface area (Å²) in [6.07, 6.45) is 3.45. The van der Waals surface area contributed by atoms with Crippen molar-refractivity contribution in [1.82, 2.24) is 20.0 Å². The molecule has 0 N–H and O–H groups in total. The fraction of sp³-hybridized carbons (Fsp3) is 0.381. The minimum atomic E-state index is -3.30. The van der Waals surface area contributed by atoms with Gasteiger partial charge in [-0.15, -0.1) is 0 Å². The number of likely N-dealkylation sites (tertiary alicyclic amines) is 1. The average Bonchev–Trinajstić information content (AvgIpc) is 3.18. The SMILES string of the molecule is COCCc1noc(CN2CC(Oc3ccc(-c4ccc(S(C)(=O)=O)nc4)cc3)C2)n1. The number of aromatic nitrogens is 3. The lowest BCUT2D eigenvalue weighted by Gasteiger charge is -2.38. The third kappa shape index (κ3) is 5.46. The smallest absolute Gasteiger partial charge is 0.240 e. The van der Waals surface area contributed by atoms with Crippen LogP contribution in [0.3, 0.4) is 0 Å². The Morgan fingerprint density at radius 2 is 1.87 bits per heavy atom. The maximum atomic E-state index is 11.5. The minimum absolute atomic E-state index is 0.0671. The zero-order valence-corrected chi connectivity index (χ0v) is 18.2. The number of sulfone groups is 1. The van der Waals surface area contributed by atoms with Crippen LogP contribution in [0.4, 0.5) is 0 Å². The van der Waals surface area contributed by atoms with Crippen molar-refractivity contribution in [3.05, 3.63) is 54.3 Å². The first-order valence-electron chi connectivity index (χ1n) is 9.86. The fourth-order valence-corrected chi connectivity index (χ4v) is 3.81. The van der Waals surface area contributed by atoms with Crippen LogP contribution >= 0.6 is 0 Å². The van der Waals surface area contributed by atoms with E-state index < -0.39 is 9.84 Å². The van der Waals surface area contributed by atoms with Gasteiger partial charge in [0.1, 0.15) is 11.9 Å². The number of benzene rings is 1. The Balaban J connectivity index is 1.26. The van der Waals surface area contributed by atoms with Crippen molar-refractivity contribution in [1.29, 1.82) is 0 Å². The van der Waals surface area contributed by atoms with Gasteiger partial charge in [0.15, 0.2) is 20.7 Å². The largest absolute Gasteiger partial charge is 0.488 e. The van der Waals surface area contributed by atoms with E-state index in [0.717, 1.165) is 36.2 Å². The van der Waals surface area contributed by atoms with Gasteiger partial charge in [0, 0.05) is 44.6 Å². The predicted octanol–water partition coefficient (Wildman–Crippen LogP) is 1.99. The van der Waals surface area contributed by atoms with Crippen LogP contribution in [-0.2, 0) is 27.5 Å². The van der Waals surface area contributed by atoms with E-state index >= 15 is 0 Å². The maximum absolute atomic E-state index is 11.5. The highest BCUT2D eigenvalue weighted by Gasteiger charge is 2.29. The van der Waals surface area contributed by atoms with Crippen LogP contribution in [-0.4, -0.2) is 67.6 Å². The van der Waals surface area contributed by atoms with Gasteiger partial charge in [0.05, 0.1) is 13.2 Å². The van der Waals surface area contributed by atoms with E-state index in [4.69, 9.17) is 14.0 Å². The van der Waals surface area contributed by atoms with Crippen molar-refractivity contribution in [3.8, 4) is 16.9 Å². The molecule has 0 aliphatic carbocycles. The van der Waals surface area contributed by atoms with Crippen LogP contribution < -0.4 is 4.74 Å². The summed E-state index contributed by atoms with van der Waals surface area (Å²) in [5.74, 6) is 2.05. The zero-order valence-electron chi connectivity index (χ0n) is 17.4. The lowest BCUT2D eigenvalue weighted by atomic mass is 10.1. The molecular formula is C21H24N4O5S. The first-order chi connectivity index (χ1) is 14.9. The Morgan fingerprint density at radius 1 is 1.13 bits per heavy atom. The molecule has 0 bridgehead atoms. The molecule has 2 aromatic heterocycles. The second-order valence-corrected chi connectivity index (χ2v) is 9.43. The molecule has 0 unspecified atom stereocenters. The molecule has 3 heterocycles. The lowest BCUT2D eigenvalue weighted by Crippen LogP contribution is -2.53. The normalized spacial score (nSPS) is 15.0. The number of hydrogen-bond donors (Lipinski definition) is 0. The van der Waals surface area contributed by atoms with E-state index in [1.165, 1.54) is 6.07 Å². The van der Waals surface area contributed by atoms with Crippen molar-refractivity contribution < 1.29 is 22.4 Å². The Kier molecular flexibility index (Phi) is 6.30. The first-order valence-corrected chi connectivity index (χ1v) is 11.8. The molecular weight excluding hydrogens is 420 g/mol. The third-order valence-electron chi connectivity index (χ3n) is 4.93. The molecule has 0 saturated carbocycles. The van der Waals surface area contributed by atoms with Gasteiger partial charge in [-0.3, -0.25) is 4.90 Å². The minimum Gasteiger partial charge on any atom is -0.488 e. The van der Waals surface area contributed by atoms with Gasteiger partial charge in [0.25, 0.3) is 0 Å². The number of ether oxygens (including phenoxy) is 2. The zero-order chi connectivity index (χ0) is 21.8. The number of methoxy groups -OCH3 is 1. The van der Waals surface area contributed by atoms with Crippen molar-refractivity contribution in [3.63, 3.8) is 0 Å². The van der Waals surface area contributed by atoms with E-state index in [9.17, 15) is 8.42 Å². The Bertz CT molecular complexity index is 1110. The molecule has 31 heavy (non-hydrogen) atoms. The van der Waals surface area contributed by atoms with E-state index in [1.807, 2.05) is 24.3 Å². The molecule has 4 rings (SSSR count). The van der Waals surface area contributed by atoms with Gasteiger partial charge >= 0.3 is 0 Å². The maximum Gasteiger partial charge on any atom is 0.240 e. The van der Waals surface area contributed by atoms with Crippen LogP contribution in [0.2, 0.25) is 0 Å². The molecule has 1 fully saturated rings. The Labute approximate surface area is 180 Å². The molecule has 0 spiro atoms. The van der Waals surface area contributed by atoms with Crippen molar-refractivity contribution >= 4 is 9.84 Å². The third-order valence-corrected chi connectivity index (χ3v) is 5.93. The summed E-state index contributed by atoms with van der Waals surface area (Å²) in [4.78, 5) is 10.6. The molecule has 0 amide bonds. The summed E-state index contributed by atoms with van der Waals surface area (Å²) in [6, 6.07) is 10.9. The highest BCUT2D eigenvalue weighted by Crippen LogP contribution is 2.25. The molecule has 1 aliphatic rings. The monoisotopic (exact) mass is 444 g/mol. The highest BCUT2D eigenvalue weighted by molar-refractivity contribution is 7.90. The molecule has 9 nitrogen and oxygen atoms in total. The average molecular weight is 445 g/mol. The summed E-state index contributed by atoms with van der Waals surface area (Å²) in [5, 5.41) is 4.01. The van der Waals surface area contributed by atoms with Crippen LogP contribution in [0, 0.1) is 0 Å². The Hall–Kier alpha value is -2.82. The van der Waals surface area contributed by atoms with Gasteiger partial charge < -0.3 is 14.0 Å². The van der Waals surface area contributed by atoms with Crippen molar-refractivity contribution in [2.24, 2.45) is 0 Å². The van der Waals surface area contributed by atoms with Gasteiger partial charge in [0.2, 0.25) is 5.89 Å². The van der Waals surface area contributed by atoms with Crippen LogP contribution in [0.25, 0.3) is 11.1 Å². The lowest BCUT2D eigenvalue weighted by molar-refractivity contribution is 0.00864. The number of hydrogen-bond acceptors (Lipinski definition) is 9. The standard InChI is InChI=1S/C21H24N4O5S/c1-28-10-9-19-23-20(30-24-19)14-25-12-18(13-25)29-17-6-3-15(4-7-17)16-5-8-21(22-11-16)31(2,26)27/h3-8,11,18H,9-10,12-14H2,1-2H3. The summed E-state index contributed by atoms with van der Waals surface area (Å²) in [6.45, 7) is 2.75. The second-order valence-electron chi connectivity index (χ2n) is 7.46. The molecule has 1 aliphatic heterocycles. The Morgan fingerprint density at radius 3 is 2.52 bits per heavy atom. The topological polar surface area (TPSA) is 108 Å². The molecule has 1 aromatic carbocycles. The van der Waals surface area contributed by atoms with Gasteiger partial charge in [-0.25, -0.2) is 13.4 Å². The molecule has 164 valence electrons. The van der Waals surface area contributed by atoms with E-state index in [0.29, 0.717) is 31.3 Å². The number of rotatable bonds is 9. The summed E-state index contributed by atoms with van der Waals surface area (Å²) < 4.78 is 39.3. The van der Waals surface area contributed by atoms with E-state index in [2.05, 4.69) is 20.0 Å². The molecule has 0 radical (unpaired) electrons. The van der Waals surface area contributed by atoms with Gasteiger partial charge in [-0.05, 0) is 29.8 Å². The summed E-state index contributed by atoms with van der Waals surface area (Å²) >= 11 is 0. The summed E-state index contributed by atoms with van der Waals surface area (Å²) in [7, 11) is -1.66. The molecule has 1 saturated heterocycles. The van der Waals surface area contributed by atoms with Crippen molar-refractivity contribution in [2.45, 2.75) is 24.1 Å². The fourth-order valence-electron chi connectivity index (χ4n) is 3.26. The summed E-state index contributed by atoms with van der Waals surface area (Å²) in [5.41, 5.74) is 1.79. The van der Waals surface area contributed by atoms with Crippen LogP contribution in [0.5, 0.6) is 5.75 Å². The highest BCUT2D eigenvalue weighted by atomic mass is 32.2. The predicted molar refractivity (Wildman–Crippen MR) is 112 cm³/mol.